The highest BCUT2D eigenvalue weighted by Crippen LogP contribution is 2.29. The number of nitrogens with zero attached hydrogens (tertiary/aromatic N) is 2. The number of rotatable bonds is 19. The summed E-state index contributed by atoms with van der Waals surface area (Å²) >= 11 is 0. The summed E-state index contributed by atoms with van der Waals surface area (Å²) in [6, 6.07) is 7.57. The number of aliphatic hydroxyl groups is 2. The van der Waals surface area contributed by atoms with Crippen LogP contribution in [0, 0.1) is 42.4 Å². The van der Waals surface area contributed by atoms with Crippen molar-refractivity contribution in [1.82, 2.24) is 20.4 Å². The van der Waals surface area contributed by atoms with Crippen molar-refractivity contribution < 1.29 is 24.6 Å². The maximum absolute atomic E-state index is 13.9. The van der Waals surface area contributed by atoms with E-state index in [1.165, 1.54) is 0 Å². The first-order chi connectivity index (χ1) is 22.0. The molecule has 9 nitrogen and oxygen atoms in total. The molecule has 0 heterocycles. The second kappa shape index (κ2) is 20.7. The number of nitrogens with one attached hydrogen (secondary N) is 2. The third-order valence-electron chi connectivity index (χ3n) is 9.30. The smallest absolute Gasteiger partial charge is 0.244 e. The first-order valence-electron chi connectivity index (χ1n) is 16.9. The molecule has 3 amide bonds. The van der Waals surface area contributed by atoms with Gasteiger partial charge in [-0.25, -0.2) is 0 Å². The molecule has 1 fully saturated rings. The number of terminal acetylenes is 2. The number of hydrogen-bond acceptors (Lipinski definition) is 6. The number of hydrogen-bond donors (Lipinski definition) is 4. The predicted octanol–water partition coefficient (Wildman–Crippen LogP) is 2.99. The molecule has 0 aromatic heterocycles. The molecule has 9 heteroatoms. The number of carbonyl (C=O) groups is 3. The lowest BCUT2D eigenvalue weighted by molar-refractivity contribution is -0.137. The van der Waals surface area contributed by atoms with Crippen molar-refractivity contribution in [2.45, 2.75) is 103 Å². The fourth-order valence-electron chi connectivity index (χ4n) is 6.11. The van der Waals surface area contributed by atoms with Gasteiger partial charge in [0.1, 0.15) is 12.1 Å². The maximum Gasteiger partial charge on any atom is 0.244 e. The predicted molar refractivity (Wildman–Crippen MR) is 182 cm³/mol. The largest absolute Gasteiger partial charge is 0.389 e. The molecule has 0 saturated heterocycles. The molecule has 0 radical (unpaired) electrons. The van der Waals surface area contributed by atoms with E-state index in [2.05, 4.69) is 41.2 Å². The Labute approximate surface area is 276 Å². The average Bonchev–Trinajstić information content (AvgIpc) is 3.06. The van der Waals surface area contributed by atoms with E-state index in [0.717, 1.165) is 57.3 Å². The minimum absolute atomic E-state index is 0.0322. The van der Waals surface area contributed by atoms with Crippen LogP contribution in [-0.2, 0) is 20.8 Å². The molecular formula is C37H56N4O5. The second-order valence-corrected chi connectivity index (χ2v) is 12.7. The van der Waals surface area contributed by atoms with Gasteiger partial charge in [0, 0.05) is 38.9 Å². The van der Waals surface area contributed by atoms with E-state index < -0.39 is 47.9 Å². The minimum Gasteiger partial charge on any atom is -0.389 e. The Morgan fingerprint density at radius 1 is 0.978 bits per heavy atom. The molecule has 46 heavy (non-hydrogen) atoms. The number of aliphatic hydroxyl groups excluding tert-OH is 2. The lowest BCUT2D eigenvalue weighted by Gasteiger charge is -2.33. The van der Waals surface area contributed by atoms with Crippen LogP contribution in [0.2, 0.25) is 0 Å². The highest BCUT2D eigenvalue weighted by molar-refractivity contribution is 5.91. The molecule has 1 aliphatic rings. The topological polar surface area (TPSA) is 122 Å². The van der Waals surface area contributed by atoms with Crippen LogP contribution in [0.5, 0.6) is 0 Å². The van der Waals surface area contributed by atoms with E-state index in [4.69, 9.17) is 12.8 Å². The second-order valence-electron chi connectivity index (χ2n) is 12.7. The summed E-state index contributed by atoms with van der Waals surface area (Å²) in [4.78, 5) is 44.9. The summed E-state index contributed by atoms with van der Waals surface area (Å²) in [5, 5.41) is 27.3. The molecule has 2 rings (SSSR count). The molecule has 1 aromatic carbocycles. The summed E-state index contributed by atoms with van der Waals surface area (Å²) in [7, 11) is 1.74. The molecular weight excluding hydrogens is 580 g/mol. The summed E-state index contributed by atoms with van der Waals surface area (Å²) in [6.45, 7) is 8.86. The SMILES string of the molecule is C#CCC(O)[C@H](O)C(CC1CCCCC1)NC(=O)[C@@H](NC(=O)C(CC(=O)N(C)CCN(CC)CC)Cc1ccccc1)C(C)C#C. The number of likely N-dealkylation sites (N-methyl/N-ethyl adjacent to an activating group) is 2. The van der Waals surface area contributed by atoms with Crippen LogP contribution in [0.4, 0.5) is 0 Å². The van der Waals surface area contributed by atoms with Crippen molar-refractivity contribution in [3.05, 3.63) is 35.9 Å². The van der Waals surface area contributed by atoms with Gasteiger partial charge >= 0.3 is 0 Å². The quantitative estimate of drug-likeness (QED) is 0.173. The highest BCUT2D eigenvalue weighted by atomic mass is 16.3. The minimum atomic E-state index is -1.28. The Hall–Kier alpha value is -3.37. The van der Waals surface area contributed by atoms with Crippen LogP contribution >= 0.6 is 0 Å². The number of benzene rings is 1. The van der Waals surface area contributed by atoms with Gasteiger partial charge in [0.2, 0.25) is 17.7 Å². The zero-order valence-electron chi connectivity index (χ0n) is 28.3. The van der Waals surface area contributed by atoms with Crippen LogP contribution < -0.4 is 10.6 Å². The zero-order chi connectivity index (χ0) is 34.1. The van der Waals surface area contributed by atoms with Crippen LogP contribution in [0.25, 0.3) is 0 Å². The van der Waals surface area contributed by atoms with Gasteiger partial charge < -0.3 is 30.6 Å². The van der Waals surface area contributed by atoms with Crippen LogP contribution in [0.3, 0.4) is 0 Å². The van der Waals surface area contributed by atoms with Crippen molar-refractivity contribution >= 4 is 17.7 Å². The van der Waals surface area contributed by atoms with Crippen molar-refractivity contribution in [3.63, 3.8) is 0 Å². The fraction of sp³-hybridized carbons (Fsp3) is 0.649. The van der Waals surface area contributed by atoms with E-state index in [1.807, 2.05) is 30.3 Å². The zero-order valence-corrected chi connectivity index (χ0v) is 28.3. The molecule has 1 aromatic rings. The maximum atomic E-state index is 13.9. The van der Waals surface area contributed by atoms with Gasteiger partial charge in [-0.1, -0.05) is 76.3 Å². The highest BCUT2D eigenvalue weighted by Gasteiger charge is 2.35. The number of amides is 3. The van der Waals surface area contributed by atoms with E-state index >= 15 is 0 Å². The van der Waals surface area contributed by atoms with Gasteiger partial charge in [-0.15, -0.1) is 24.7 Å². The normalized spacial score (nSPS) is 17.4. The van der Waals surface area contributed by atoms with Gasteiger partial charge in [-0.3, -0.25) is 14.4 Å². The van der Waals surface area contributed by atoms with Gasteiger partial charge in [-0.05, 0) is 44.3 Å². The van der Waals surface area contributed by atoms with Gasteiger partial charge in [0.15, 0.2) is 0 Å². The standard InChI is InChI=1S/C37H56N4O5/c1-7-17-32(42)35(44)31(25-29-20-15-12-16-21-29)38-37(46)34(27(5)8-2)39-36(45)30(24-28-18-13-11-14-19-28)26-33(43)40(6)22-23-41(9-3)10-4/h1-2,11,13-14,18-19,27,29-32,34-35,42,44H,9-10,12,15-17,20-26H2,3-6H3,(H,38,46)(H,39,45)/t27?,30?,31?,32?,34-,35+/m0/s1. The van der Waals surface area contributed by atoms with Gasteiger partial charge in [-0.2, -0.15) is 0 Å². The first-order valence-corrected chi connectivity index (χ1v) is 16.9. The summed E-state index contributed by atoms with van der Waals surface area (Å²) in [5.41, 5.74) is 0.894. The Kier molecular flexibility index (Phi) is 17.5. The van der Waals surface area contributed by atoms with Crippen LogP contribution in [-0.4, -0.2) is 95.3 Å². The molecule has 254 valence electrons. The molecule has 0 aliphatic heterocycles. The Morgan fingerprint density at radius 3 is 2.22 bits per heavy atom. The van der Waals surface area contributed by atoms with Crippen molar-refractivity contribution in [1.29, 1.82) is 0 Å². The van der Waals surface area contributed by atoms with Crippen LogP contribution in [0.15, 0.2) is 30.3 Å². The molecule has 4 unspecified atom stereocenters. The van der Waals surface area contributed by atoms with Crippen LogP contribution in [0.1, 0.15) is 77.7 Å². The molecule has 1 aliphatic carbocycles. The molecule has 1 saturated carbocycles. The van der Waals surface area contributed by atoms with E-state index in [0.29, 0.717) is 19.4 Å². The fourth-order valence-corrected chi connectivity index (χ4v) is 6.11. The monoisotopic (exact) mass is 636 g/mol. The summed E-state index contributed by atoms with van der Waals surface area (Å²) in [5.74, 6) is 2.64. The average molecular weight is 637 g/mol. The Morgan fingerprint density at radius 2 is 1.63 bits per heavy atom. The molecule has 6 atom stereocenters. The lowest BCUT2D eigenvalue weighted by Crippen LogP contribution is -2.57. The van der Waals surface area contributed by atoms with E-state index in [9.17, 15) is 24.6 Å². The van der Waals surface area contributed by atoms with E-state index in [1.54, 1.807) is 18.9 Å². The molecule has 0 spiro atoms. The van der Waals surface area contributed by atoms with Gasteiger partial charge in [0.05, 0.1) is 18.1 Å². The molecule has 0 bridgehead atoms. The number of carbonyl (C=O) groups excluding carboxylic acids is 3. The van der Waals surface area contributed by atoms with E-state index in [-0.39, 0.29) is 24.7 Å². The summed E-state index contributed by atoms with van der Waals surface area (Å²) < 4.78 is 0. The lowest BCUT2D eigenvalue weighted by atomic mass is 9.82. The Bertz CT molecular complexity index is 1150. The third-order valence-corrected chi connectivity index (χ3v) is 9.30. The molecule has 4 N–H and O–H groups in total. The van der Waals surface area contributed by atoms with Crippen molar-refractivity contribution in [3.8, 4) is 24.7 Å². The third kappa shape index (κ3) is 12.8. The summed E-state index contributed by atoms with van der Waals surface area (Å²) in [6.07, 6.45) is 14.6. The van der Waals surface area contributed by atoms with Gasteiger partial charge in [0.25, 0.3) is 0 Å². The van der Waals surface area contributed by atoms with Crippen molar-refractivity contribution in [2.75, 3.05) is 33.2 Å². The first kappa shape index (κ1) is 38.8. The van der Waals surface area contributed by atoms with Crippen molar-refractivity contribution in [2.24, 2.45) is 17.8 Å². The Balaban J connectivity index is 2.26.